The van der Waals surface area contributed by atoms with Crippen LogP contribution in [0.5, 0.6) is 0 Å². The Morgan fingerprint density at radius 3 is 2.53 bits per heavy atom. The molecule has 0 aromatic heterocycles. The minimum Gasteiger partial charge on any atom is -0.329 e. The minimum absolute atomic E-state index is 0.0471. The van der Waals surface area contributed by atoms with Gasteiger partial charge in [0.25, 0.3) is 0 Å². The highest BCUT2D eigenvalue weighted by atomic mass is 32.2. The molecule has 0 aliphatic heterocycles. The molecule has 0 atom stereocenters. The average Bonchev–Trinajstić information content (AvgIpc) is 2.27. The third kappa shape index (κ3) is 3.76. The molecule has 0 amide bonds. The molecule has 0 saturated heterocycles. The van der Waals surface area contributed by atoms with Crippen molar-refractivity contribution in [3.63, 3.8) is 0 Å². The predicted octanol–water partition coefficient (Wildman–Crippen LogP) is 0.936. The average molecular weight is 260 g/mol. The fourth-order valence-electron chi connectivity index (χ4n) is 1.50. The first-order valence-corrected chi connectivity index (χ1v) is 7.03. The monoisotopic (exact) mass is 260 g/mol. The lowest BCUT2D eigenvalue weighted by molar-refractivity contribution is 0.415. The van der Waals surface area contributed by atoms with Crippen LogP contribution in [0.3, 0.4) is 0 Å². The zero-order valence-electron chi connectivity index (χ0n) is 9.77. The van der Waals surface area contributed by atoms with Gasteiger partial charge in [0, 0.05) is 25.2 Å². The molecule has 0 heterocycles. The van der Waals surface area contributed by atoms with Gasteiger partial charge in [0.1, 0.15) is 5.82 Å². The van der Waals surface area contributed by atoms with Crippen LogP contribution < -0.4 is 5.73 Å². The summed E-state index contributed by atoms with van der Waals surface area (Å²) in [6.07, 6.45) is 0. The summed E-state index contributed by atoms with van der Waals surface area (Å²) < 4.78 is 38.3. The Balaban J connectivity index is 2.88. The summed E-state index contributed by atoms with van der Waals surface area (Å²) in [6.45, 7) is 2.13. The highest BCUT2D eigenvalue weighted by molar-refractivity contribution is 7.89. The zero-order valence-corrected chi connectivity index (χ0v) is 10.6. The zero-order chi connectivity index (χ0) is 12.9. The number of benzene rings is 1. The summed E-state index contributed by atoms with van der Waals surface area (Å²) in [7, 11) is -3.40. The maximum absolute atomic E-state index is 13.4. The molecule has 1 aromatic rings. The fourth-order valence-corrected chi connectivity index (χ4v) is 2.79. The van der Waals surface area contributed by atoms with Crippen molar-refractivity contribution < 1.29 is 12.8 Å². The molecule has 96 valence electrons. The van der Waals surface area contributed by atoms with E-state index in [4.69, 9.17) is 5.73 Å². The van der Waals surface area contributed by atoms with Gasteiger partial charge in [0.2, 0.25) is 10.0 Å². The van der Waals surface area contributed by atoms with E-state index in [1.54, 1.807) is 25.1 Å². The van der Waals surface area contributed by atoms with Crippen LogP contribution in [0, 0.1) is 5.82 Å². The summed E-state index contributed by atoms with van der Waals surface area (Å²) in [5, 5.41) is 0. The Morgan fingerprint density at radius 1 is 1.35 bits per heavy atom. The summed E-state index contributed by atoms with van der Waals surface area (Å²) in [5.41, 5.74) is 5.62. The number of hydrogen-bond acceptors (Lipinski definition) is 3. The Bertz CT molecular complexity index is 462. The van der Waals surface area contributed by atoms with Crippen LogP contribution in [0.25, 0.3) is 0 Å². The van der Waals surface area contributed by atoms with E-state index >= 15 is 0 Å². The number of nitrogens with zero attached hydrogens (tertiary/aromatic N) is 1. The third-order valence-electron chi connectivity index (χ3n) is 2.43. The third-order valence-corrected chi connectivity index (χ3v) is 4.35. The molecule has 0 radical (unpaired) electrons. The summed E-state index contributed by atoms with van der Waals surface area (Å²) in [4.78, 5) is 0. The maximum Gasteiger partial charge on any atom is 0.215 e. The van der Waals surface area contributed by atoms with Crippen molar-refractivity contribution in [1.82, 2.24) is 4.31 Å². The van der Waals surface area contributed by atoms with Crippen LogP contribution in [0.4, 0.5) is 4.39 Å². The topological polar surface area (TPSA) is 63.4 Å². The van der Waals surface area contributed by atoms with Crippen LogP contribution in [-0.2, 0) is 16.6 Å². The lowest BCUT2D eigenvalue weighted by Crippen LogP contribution is -2.34. The van der Waals surface area contributed by atoms with E-state index in [1.807, 2.05) is 0 Å². The van der Waals surface area contributed by atoms with Gasteiger partial charge in [-0.25, -0.2) is 12.8 Å². The molecular weight excluding hydrogens is 243 g/mol. The quantitative estimate of drug-likeness (QED) is 0.828. The SMILES string of the molecule is CCN(Cc1ccccc1F)S(=O)(=O)CCN. The summed E-state index contributed by atoms with van der Waals surface area (Å²) in [5.74, 6) is -0.510. The molecule has 0 saturated carbocycles. The first-order chi connectivity index (χ1) is 8.01. The number of rotatable bonds is 6. The molecule has 0 bridgehead atoms. The maximum atomic E-state index is 13.4. The molecule has 6 heteroatoms. The second-order valence-electron chi connectivity index (χ2n) is 3.62. The molecule has 1 aromatic carbocycles. The molecule has 4 nitrogen and oxygen atoms in total. The number of sulfonamides is 1. The van der Waals surface area contributed by atoms with E-state index in [9.17, 15) is 12.8 Å². The first kappa shape index (κ1) is 14.1. The number of halogens is 1. The number of hydrogen-bond donors (Lipinski definition) is 1. The lowest BCUT2D eigenvalue weighted by Gasteiger charge is -2.20. The van der Waals surface area contributed by atoms with Crippen molar-refractivity contribution in [3.05, 3.63) is 35.6 Å². The van der Waals surface area contributed by atoms with Crippen LogP contribution in [0.2, 0.25) is 0 Å². The van der Waals surface area contributed by atoms with E-state index in [0.717, 1.165) is 0 Å². The Labute approximate surface area is 101 Å². The van der Waals surface area contributed by atoms with Crippen LogP contribution in [-0.4, -0.2) is 31.6 Å². The van der Waals surface area contributed by atoms with Gasteiger partial charge < -0.3 is 5.73 Å². The molecule has 1 rings (SSSR count). The number of nitrogens with two attached hydrogens (primary N) is 1. The van der Waals surface area contributed by atoms with Crippen molar-refractivity contribution >= 4 is 10.0 Å². The summed E-state index contributed by atoms with van der Waals surface area (Å²) >= 11 is 0. The molecule has 0 spiro atoms. The smallest absolute Gasteiger partial charge is 0.215 e. The van der Waals surface area contributed by atoms with Crippen molar-refractivity contribution in [2.45, 2.75) is 13.5 Å². The molecular formula is C11H17FN2O2S. The second kappa shape index (κ2) is 6.09. The van der Waals surface area contributed by atoms with Crippen molar-refractivity contribution in [1.29, 1.82) is 0 Å². The van der Waals surface area contributed by atoms with Gasteiger partial charge in [-0.05, 0) is 6.07 Å². The molecule has 2 N–H and O–H groups in total. The van der Waals surface area contributed by atoms with Gasteiger partial charge in [-0.2, -0.15) is 4.31 Å². The highest BCUT2D eigenvalue weighted by Crippen LogP contribution is 2.12. The van der Waals surface area contributed by atoms with Crippen LogP contribution in [0.1, 0.15) is 12.5 Å². The Kier molecular flexibility index (Phi) is 5.04. The van der Waals surface area contributed by atoms with Crippen LogP contribution in [0.15, 0.2) is 24.3 Å². The highest BCUT2D eigenvalue weighted by Gasteiger charge is 2.20. The largest absolute Gasteiger partial charge is 0.329 e. The van der Waals surface area contributed by atoms with Gasteiger partial charge >= 0.3 is 0 Å². The molecule has 17 heavy (non-hydrogen) atoms. The standard InChI is InChI=1S/C11H17FN2O2S/c1-2-14(17(15,16)8-7-13)9-10-5-3-4-6-11(10)12/h3-6H,2,7-9,13H2,1H3. The molecule has 0 unspecified atom stereocenters. The van der Waals surface area contributed by atoms with Crippen LogP contribution >= 0.6 is 0 Å². The van der Waals surface area contributed by atoms with E-state index in [0.29, 0.717) is 12.1 Å². The van der Waals surface area contributed by atoms with Gasteiger partial charge in [0.15, 0.2) is 0 Å². The van der Waals surface area contributed by atoms with Crippen molar-refractivity contribution in [2.75, 3.05) is 18.8 Å². The van der Waals surface area contributed by atoms with Gasteiger partial charge in [-0.3, -0.25) is 0 Å². The van der Waals surface area contributed by atoms with Crippen molar-refractivity contribution in [2.24, 2.45) is 5.73 Å². The fraction of sp³-hybridized carbons (Fsp3) is 0.455. The Morgan fingerprint density at radius 2 is 2.00 bits per heavy atom. The van der Waals surface area contributed by atoms with Gasteiger partial charge in [-0.15, -0.1) is 0 Å². The van der Waals surface area contributed by atoms with Gasteiger partial charge in [0.05, 0.1) is 5.75 Å². The van der Waals surface area contributed by atoms with E-state index in [2.05, 4.69) is 0 Å². The molecule has 0 fully saturated rings. The van der Waals surface area contributed by atoms with E-state index < -0.39 is 15.8 Å². The molecule has 0 aliphatic carbocycles. The predicted molar refractivity (Wildman–Crippen MR) is 65.3 cm³/mol. The van der Waals surface area contributed by atoms with E-state index in [1.165, 1.54) is 10.4 Å². The van der Waals surface area contributed by atoms with Crippen molar-refractivity contribution in [3.8, 4) is 0 Å². The lowest BCUT2D eigenvalue weighted by atomic mass is 10.2. The Hall–Kier alpha value is -0.980. The second-order valence-corrected chi connectivity index (χ2v) is 5.71. The molecule has 0 aliphatic rings. The minimum atomic E-state index is -3.40. The van der Waals surface area contributed by atoms with Gasteiger partial charge in [-0.1, -0.05) is 25.1 Å². The first-order valence-electron chi connectivity index (χ1n) is 5.42. The van der Waals surface area contributed by atoms with E-state index in [-0.39, 0.29) is 18.8 Å². The normalized spacial score (nSPS) is 12.0. The summed E-state index contributed by atoms with van der Waals surface area (Å²) in [6, 6.07) is 6.15.